The Bertz CT molecular complexity index is 314. The SMILES string of the molecule is CC.CC(C)c1cnn(CCC2CCOCC2)c1. The van der Waals surface area contributed by atoms with Crippen LogP contribution in [0.3, 0.4) is 0 Å². The van der Waals surface area contributed by atoms with E-state index in [-0.39, 0.29) is 0 Å². The van der Waals surface area contributed by atoms with Crippen LogP contribution in [0.5, 0.6) is 0 Å². The van der Waals surface area contributed by atoms with Crippen molar-refractivity contribution in [3.63, 3.8) is 0 Å². The Labute approximate surface area is 112 Å². The Kier molecular flexibility index (Phi) is 7.02. The van der Waals surface area contributed by atoms with Gasteiger partial charge in [-0.25, -0.2) is 0 Å². The normalized spacial score (nSPS) is 16.5. The second kappa shape index (κ2) is 8.30. The van der Waals surface area contributed by atoms with Crippen LogP contribution in [0.4, 0.5) is 0 Å². The molecular formula is C15H28N2O. The molecule has 1 saturated heterocycles. The molecule has 0 spiro atoms. The van der Waals surface area contributed by atoms with Gasteiger partial charge in [0.2, 0.25) is 0 Å². The molecule has 0 N–H and O–H groups in total. The zero-order valence-corrected chi connectivity index (χ0v) is 12.4. The van der Waals surface area contributed by atoms with Crippen molar-refractivity contribution < 1.29 is 4.74 Å². The summed E-state index contributed by atoms with van der Waals surface area (Å²) in [6, 6.07) is 0. The van der Waals surface area contributed by atoms with Gasteiger partial charge in [0.25, 0.3) is 0 Å². The maximum Gasteiger partial charge on any atom is 0.0524 e. The van der Waals surface area contributed by atoms with Gasteiger partial charge in [0.15, 0.2) is 0 Å². The summed E-state index contributed by atoms with van der Waals surface area (Å²) in [5, 5.41) is 4.41. The van der Waals surface area contributed by atoms with Gasteiger partial charge in [-0.1, -0.05) is 27.7 Å². The summed E-state index contributed by atoms with van der Waals surface area (Å²) in [5.41, 5.74) is 1.34. The van der Waals surface area contributed by atoms with Crippen molar-refractivity contribution in [2.45, 2.75) is 59.4 Å². The van der Waals surface area contributed by atoms with Crippen LogP contribution in [-0.4, -0.2) is 23.0 Å². The minimum absolute atomic E-state index is 0.580. The van der Waals surface area contributed by atoms with E-state index >= 15 is 0 Å². The van der Waals surface area contributed by atoms with Crippen LogP contribution in [-0.2, 0) is 11.3 Å². The van der Waals surface area contributed by atoms with Crippen molar-refractivity contribution in [1.29, 1.82) is 0 Å². The fourth-order valence-corrected chi connectivity index (χ4v) is 2.15. The molecule has 1 aromatic rings. The lowest BCUT2D eigenvalue weighted by Crippen LogP contribution is -2.17. The molecule has 3 nitrogen and oxygen atoms in total. The van der Waals surface area contributed by atoms with E-state index in [1.165, 1.54) is 24.8 Å². The van der Waals surface area contributed by atoms with E-state index in [1.807, 2.05) is 20.0 Å². The average molecular weight is 252 g/mol. The maximum atomic E-state index is 5.36. The largest absolute Gasteiger partial charge is 0.381 e. The summed E-state index contributed by atoms with van der Waals surface area (Å²) >= 11 is 0. The highest BCUT2D eigenvalue weighted by Crippen LogP contribution is 2.19. The minimum atomic E-state index is 0.580. The standard InChI is InChI=1S/C13H22N2O.C2H6/c1-11(2)13-9-14-15(10-13)6-3-12-4-7-16-8-5-12;1-2/h9-12H,3-8H2,1-2H3;1-2H3. The molecule has 0 bridgehead atoms. The third-order valence-electron chi connectivity index (χ3n) is 3.43. The Balaban J connectivity index is 0.000000771. The fourth-order valence-electron chi connectivity index (χ4n) is 2.15. The quantitative estimate of drug-likeness (QED) is 0.814. The highest BCUT2D eigenvalue weighted by Gasteiger charge is 2.13. The first kappa shape index (κ1) is 15.2. The molecule has 0 saturated carbocycles. The summed E-state index contributed by atoms with van der Waals surface area (Å²) in [6.45, 7) is 11.4. The molecule has 2 heterocycles. The molecule has 0 amide bonds. The first-order valence-corrected chi connectivity index (χ1v) is 7.36. The van der Waals surface area contributed by atoms with Crippen LogP contribution < -0.4 is 0 Å². The maximum absolute atomic E-state index is 5.36. The van der Waals surface area contributed by atoms with E-state index in [0.29, 0.717) is 5.92 Å². The molecule has 0 aromatic carbocycles. The van der Waals surface area contributed by atoms with Gasteiger partial charge in [-0.05, 0) is 36.7 Å². The molecule has 3 heteroatoms. The smallest absolute Gasteiger partial charge is 0.0524 e. The van der Waals surface area contributed by atoms with Crippen molar-refractivity contribution in [2.24, 2.45) is 5.92 Å². The number of rotatable bonds is 4. The Morgan fingerprint density at radius 2 is 2.00 bits per heavy atom. The number of ether oxygens (including phenoxy) is 1. The van der Waals surface area contributed by atoms with Gasteiger partial charge >= 0.3 is 0 Å². The third-order valence-corrected chi connectivity index (χ3v) is 3.43. The Hall–Kier alpha value is -0.830. The predicted octanol–water partition coefficient (Wildman–Crippen LogP) is 3.85. The molecule has 1 aliphatic rings. The van der Waals surface area contributed by atoms with Crippen LogP contribution >= 0.6 is 0 Å². The van der Waals surface area contributed by atoms with Gasteiger partial charge in [0, 0.05) is 26.0 Å². The second-order valence-electron chi connectivity index (χ2n) is 5.04. The van der Waals surface area contributed by atoms with Gasteiger partial charge in [-0.15, -0.1) is 0 Å². The second-order valence-corrected chi connectivity index (χ2v) is 5.04. The van der Waals surface area contributed by atoms with E-state index in [4.69, 9.17) is 4.74 Å². The van der Waals surface area contributed by atoms with Crippen LogP contribution in [0.25, 0.3) is 0 Å². The highest BCUT2D eigenvalue weighted by molar-refractivity contribution is 5.08. The monoisotopic (exact) mass is 252 g/mol. The van der Waals surface area contributed by atoms with Crippen LogP contribution in [0, 0.1) is 5.92 Å². The van der Waals surface area contributed by atoms with E-state index in [0.717, 1.165) is 25.7 Å². The summed E-state index contributed by atoms with van der Waals surface area (Å²) < 4.78 is 7.45. The lowest BCUT2D eigenvalue weighted by Gasteiger charge is -2.21. The van der Waals surface area contributed by atoms with Crippen molar-refractivity contribution in [2.75, 3.05) is 13.2 Å². The van der Waals surface area contributed by atoms with E-state index < -0.39 is 0 Å². The molecule has 104 valence electrons. The highest BCUT2D eigenvalue weighted by atomic mass is 16.5. The van der Waals surface area contributed by atoms with Gasteiger partial charge in [-0.2, -0.15) is 5.10 Å². The van der Waals surface area contributed by atoms with Crippen LogP contribution in [0.15, 0.2) is 12.4 Å². The Morgan fingerprint density at radius 3 is 2.56 bits per heavy atom. The van der Waals surface area contributed by atoms with Crippen LogP contribution in [0.2, 0.25) is 0 Å². The summed E-state index contributed by atoms with van der Waals surface area (Å²) in [6.07, 6.45) is 7.86. The van der Waals surface area contributed by atoms with E-state index in [9.17, 15) is 0 Å². The lowest BCUT2D eigenvalue weighted by molar-refractivity contribution is 0.0623. The minimum Gasteiger partial charge on any atom is -0.381 e. The van der Waals surface area contributed by atoms with E-state index in [2.05, 4.69) is 29.8 Å². The van der Waals surface area contributed by atoms with Gasteiger partial charge in [-0.3, -0.25) is 4.68 Å². The molecule has 2 rings (SSSR count). The van der Waals surface area contributed by atoms with Crippen LogP contribution in [0.1, 0.15) is 58.4 Å². The van der Waals surface area contributed by atoms with E-state index in [1.54, 1.807) is 0 Å². The molecule has 0 aliphatic carbocycles. The topological polar surface area (TPSA) is 27.1 Å². The van der Waals surface area contributed by atoms with Crippen molar-refractivity contribution in [3.8, 4) is 0 Å². The number of aryl methyl sites for hydroxylation is 1. The molecule has 1 fully saturated rings. The van der Waals surface area contributed by atoms with Gasteiger partial charge in [0.05, 0.1) is 6.20 Å². The lowest BCUT2D eigenvalue weighted by atomic mass is 9.97. The first-order valence-electron chi connectivity index (χ1n) is 7.36. The zero-order valence-electron chi connectivity index (χ0n) is 12.4. The third kappa shape index (κ3) is 4.81. The summed E-state index contributed by atoms with van der Waals surface area (Å²) in [7, 11) is 0. The number of aromatic nitrogens is 2. The zero-order chi connectivity index (χ0) is 13.4. The van der Waals surface area contributed by atoms with Gasteiger partial charge < -0.3 is 4.74 Å². The van der Waals surface area contributed by atoms with Crippen molar-refractivity contribution in [3.05, 3.63) is 18.0 Å². The first-order chi connectivity index (χ1) is 8.75. The summed E-state index contributed by atoms with van der Waals surface area (Å²) in [5.74, 6) is 1.41. The van der Waals surface area contributed by atoms with Gasteiger partial charge in [0.1, 0.15) is 0 Å². The fraction of sp³-hybridized carbons (Fsp3) is 0.800. The molecular weight excluding hydrogens is 224 g/mol. The summed E-state index contributed by atoms with van der Waals surface area (Å²) in [4.78, 5) is 0. The molecule has 1 aromatic heterocycles. The predicted molar refractivity (Wildman–Crippen MR) is 75.8 cm³/mol. The Morgan fingerprint density at radius 1 is 1.33 bits per heavy atom. The molecule has 18 heavy (non-hydrogen) atoms. The number of nitrogens with zero attached hydrogens (tertiary/aromatic N) is 2. The molecule has 0 radical (unpaired) electrons. The van der Waals surface area contributed by atoms with Crippen molar-refractivity contribution in [1.82, 2.24) is 9.78 Å². The number of hydrogen-bond acceptors (Lipinski definition) is 2. The van der Waals surface area contributed by atoms with Crippen molar-refractivity contribution >= 4 is 0 Å². The molecule has 0 unspecified atom stereocenters. The average Bonchev–Trinajstić information content (AvgIpc) is 2.89. The molecule has 0 atom stereocenters. The number of hydrogen-bond donors (Lipinski definition) is 0. The molecule has 1 aliphatic heterocycles.